The van der Waals surface area contributed by atoms with Crippen LogP contribution in [0.25, 0.3) is 0 Å². The van der Waals surface area contributed by atoms with Crippen LogP contribution in [0.1, 0.15) is 37.0 Å². The van der Waals surface area contributed by atoms with Gasteiger partial charge in [-0.25, -0.2) is 0 Å². The van der Waals surface area contributed by atoms with E-state index in [-0.39, 0.29) is 5.91 Å². The first-order valence-electron chi connectivity index (χ1n) is 6.04. The Morgan fingerprint density at radius 3 is 2.24 bits per heavy atom. The highest BCUT2D eigenvalue weighted by atomic mass is 16.2. The number of nitrogens with two attached hydrogens (primary N) is 2. The first-order chi connectivity index (χ1) is 8.10. The number of anilines is 2. The Morgan fingerprint density at radius 2 is 1.76 bits per heavy atom. The molecule has 17 heavy (non-hydrogen) atoms. The van der Waals surface area contributed by atoms with Crippen molar-refractivity contribution in [1.82, 2.24) is 4.90 Å². The molecule has 1 rings (SSSR count). The van der Waals surface area contributed by atoms with Crippen LogP contribution in [0.3, 0.4) is 0 Å². The molecule has 0 heterocycles. The Balaban J connectivity index is 2.92. The second-order valence-corrected chi connectivity index (χ2v) is 4.14. The Morgan fingerprint density at radius 1 is 1.18 bits per heavy atom. The largest absolute Gasteiger partial charge is 0.399 e. The fraction of sp³-hybridized carbons (Fsp3) is 0.462. The van der Waals surface area contributed by atoms with Crippen molar-refractivity contribution in [2.75, 3.05) is 24.6 Å². The lowest BCUT2D eigenvalue weighted by atomic mass is 10.1. The van der Waals surface area contributed by atoms with E-state index >= 15 is 0 Å². The molecule has 0 fully saturated rings. The number of amides is 1. The molecule has 0 aliphatic heterocycles. The van der Waals surface area contributed by atoms with Crippen molar-refractivity contribution in [3.8, 4) is 0 Å². The van der Waals surface area contributed by atoms with Gasteiger partial charge in [-0.15, -0.1) is 0 Å². The van der Waals surface area contributed by atoms with E-state index in [9.17, 15) is 4.79 Å². The Labute approximate surface area is 103 Å². The standard InChI is InChI=1S/C13H21N3O/c1-3-7-16(8-4-2)13(17)11-6-5-10(14)9-12(11)15/h5-6,9H,3-4,7-8,14-15H2,1-2H3. The molecule has 4 heteroatoms. The maximum atomic E-state index is 12.3. The maximum absolute atomic E-state index is 12.3. The van der Waals surface area contributed by atoms with Gasteiger partial charge in [0.15, 0.2) is 0 Å². The Bertz CT molecular complexity index is 384. The van der Waals surface area contributed by atoms with E-state index in [1.165, 1.54) is 0 Å². The van der Waals surface area contributed by atoms with Crippen molar-refractivity contribution < 1.29 is 4.79 Å². The predicted octanol–water partition coefficient (Wildman–Crippen LogP) is 2.11. The molecule has 0 aromatic heterocycles. The summed E-state index contributed by atoms with van der Waals surface area (Å²) in [4.78, 5) is 14.1. The molecule has 1 aromatic carbocycles. The Hall–Kier alpha value is -1.71. The van der Waals surface area contributed by atoms with Gasteiger partial charge in [0.1, 0.15) is 0 Å². The summed E-state index contributed by atoms with van der Waals surface area (Å²) in [6.45, 7) is 5.64. The van der Waals surface area contributed by atoms with Crippen LogP contribution in [0, 0.1) is 0 Å². The lowest BCUT2D eigenvalue weighted by molar-refractivity contribution is 0.0756. The van der Waals surface area contributed by atoms with E-state index in [0.29, 0.717) is 16.9 Å². The molecule has 0 aliphatic carbocycles. The van der Waals surface area contributed by atoms with Gasteiger partial charge in [0, 0.05) is 24.5 Å². The van der Waals surface area contributed by atoms with E-state index in [1.807, 2.05) is 4.90 Å². The van der Waals surface area contributed by atoms with Crippen molar-refractivity contribution in [3.63, 3.8) is 0 Å². The van der Waals surface area contributed by atoms with Crippen LogP contribution in [0.2, 0.25) is 0 Å². The first-order valence-corrected chi connectivity index (χ1v) is 6.04. The smallest absolute Gasteiger partial charge is 0.255 e. The predicted molar refractivity (Wildman–Crippen MR) is 71.8 cm³/mol. The van der Waals surface area contributed by atoms with Gasteiger partial charge in [0.05, 0.1) is 5.56 Å². The molecule has 0 aliphatic rings. The van der Waals surface area contributed by atoms with Crippen molar-refractivity contribution in [3.05, 3.63) is 23.8 Å². The number of rotatable bonds is 5. The van der Waals surface area contributed by atoms with Crippen LogP contribution < -0.4 is 11.5 Å². The fourth-order valence-electron chi connectivity index (χ4n) is 1.80. The van der Waals surface area contributed by atoms with E-state index in [4.69, 9.17) is 11.5 Å². The molecular formula is C13H21N3O. The third-order valence-electron chi connectivity index (χ3n) is 2.58. The van der Waals surface area contributed by atoms with Gasteiger partial charge in [-0.2, -0.15) is 0 Å². The van der Waals surface area contributed by atoms with Crippen molar-refractivity contribution >= 4 is 17.3 Å². The van der Waals surface area contributed by atoms with Gasteiger partial charge in [0.25, 0.3) is 5.91 Å². The van der Waals surface area contributed by atoms with Gasteiger partial charge in [-0.1, -0.05) is 13.8 Å². The van der Waals surface area contributed by atoms with Crippen LogP contribution in [-0.2, 0) is 0 Å². The number of carbonyl (C=O) groups excluding carboxylic acids is 1. The molecule has 1 amide bonds. The third kappa shape index (κ3) is 3.37. The summed E-state index contributed by atoms with van der Waals surface area (Å²) in [5.41, 5.74) is 13.0. The number of carbonyl (C=O) groups is 1. The fourth-order valence-corrected chi connectivity index (χ4v) is 1.80. The summed E-state index contributed by atoms with van der Waals surface area (Å²) in [6, 6.07) is 5.04. The lowest BCUT2D eigenvalue weighted by Crippen LogP contribution is -2.33. The minimum absolute atomic E-state index is 0.00815. The minimum Gasteiger partial charge on any atom is -0.399 e. The topological polar surface area (TPSA) is 72.3 Å². The molecule has 0 saturated heterocycles. The SMILES string of the molecule is CCCN(CCC)C(=O)c1ccc(N)cc1N. The molecule has 4 nitrogen and oxygen atoms in total. The van der Waals surface area contributed by atoms with Crippen molar-refractivity contribution in [2.45, 2.75) is 26.7 Å². The molecule has 0 bridgehead atoms. The van der Waals surface area contributed by atoms with Gasteiger partial charge in [0.2, 0.25) is 0 Å². The molecule has 1 aromatic rings. The zero-order valence-corrected chi connectivity index (χ0v) is 10.6. The van der Waals surface area contributed by atoms with E-state index in [0.717, 1.165) is 25.9 Å². The number of hydrogen-bond donors (Lipinski definition) is 2. The number of benzene rings is 1. The van der Waals surface area contributed by atoms with Crippen LogP contribution in [-0.4, -0.2) is 23.9 Å². The average Bonchev–Trinajstić information content (AvgIpc) is 2.28. The highest BCUT2D eigenvalue weighted by Crippen LogP contribution is 2.18. The zero-order chi connectivity index (χ0) is 12.8. The summed E-state index contributed by atoms with van der Waals surface area (Å²) in [5, 5.41) is 0. The van der Waals surface area contributed by atoms with Crippen LogP contribution in [0.15, 0.2) is 18.2 Å². The van der Waals surface area contributed by atoms with Crippen LogP contribution in [0.5, 0.6) is 0 Å². The lowest BCUT2D eigenvalue weighted by Gasteiger charge is -2.22. The highest BCUT2D eigenvalue weighted by Gasteiger charge is 2.16. The summed E-state index contributed by atoms with van der Waals surface area (Å²) < 4.78 is 0. The molecular weight excluding hydrogens is 214 g/mol. The normalized spacial score (nSPS) is 10.2. The minimum atomic E-state index is -0.00815. The van der Waals surface area contributed by atoms with Gasteiger partial charge >= 0.3 is 0 Å². The summed E-state index contributed by atoms with van der Waals surface area (Å²) in [6.07, 6.45) is 1.89. The second-order valence-electron chi connectivity index (χ2n) is 4.14. The summed E-state index contributed by atoms with van der Waals surface area (Å²) in [7, 11) is 0. The summed E-state index contributed by atoms with van der Waals surface area (Å²) in [5.74, 6) is -0.00815. The first kappa shape index (κ1) is 13.4. The van der Waals surface area contributed by atoms with E-state index < -0.39 is 0 Å². The number of hydrogen-bond acceptors (Lipinski definition) is 3. The maximum Gasteiger partial charge on any atom is 0.255 e. The monoisotopic (exact) mass is 235 g/mol. The highest BCUT2D eigenvalue weighted by molar-refractivity contribution is 5.99. The average molecular weight is 235 g/mol. The van der Waals surface area contributed by atoms with E-state index in [1.54, 1.807) is 18.2 Å². The molecule has 4 N–H and O–H groups in total. The van der Waals surface area contributed by atoms with Gasteiger partial charge < -0.3 is 16.4 Å². The van der Waals surface area contributed by atoms with Crippen molar-refractivity contribution in [2.24, 2.45) is 0 Å². The van der Waals surface area contributed by atoms with E-state index in [2.05, 4.69) is 13.8 Å². The molecule has 0 radical (unpaired) electrons. The zero-order valence-electron chi connectivity index (χ0n) is 10.6. The molecule has 0 atom stereocenters. The number of nitrogens with zero attached hydrogens (tertiary/aromatic N) is 1. The molecule has 0 spiro atoms. The Kier molecular flexibility index (Phi) is 4.82. The van der Waals surface area contributed by atoms with Gasteiger partial charge in [-0.3, -0.25) is 4.79 Å². The van der Waals surface area contributed by atoms with Crippen molar-refractivity contribution in [1.29, 1.82) is 0 Å². The molecule has 0 saturated carbocycles. The van der Waals surface area contributed by atoms with Gasteiger partial charge in [-0.05, 0) is 31.0 Å². The quantitative estimate of drug-likeness (QED) is 0.768. The second kappa shape index (κ2) is 6.13. The van der Waals surface area contributed by atoms with Crippen LogP contribution in [0.4, 0.5) is 11.4 Å². The third-order valence-corrected chi connectivity index (χ3v) is 2.58. The number of nitrogen functional groups attached to an aromatic ring is 2. The molecule has 0 unspecified atom stereocenters. The van der Waals surface area contributed by atoms with Crippen LogP contribution >= 0.6 is 0 Å². The molecule has 94 valence electrons. The summed E-state index contributed by atoms with van der Waals surface area (Å²) >= 11 is 0.